The van der Waals surface area contributed by atoms with Gasteiger partial charge in [0.1, 0.15) is 17.2 Å². The summed E-state index contributed by atoms with van der Waals surface area (Å²) < 4.78 is 11.3. The Labute approximate surface area is 107 Å². The van der Waals surface area contributed by atoms with Crippen LogP contribution in [0.4, 0.5) is 5.69 Å². The first-order valence-electron chi connectivity index (χ1n) is 5.94. The van der Waals surface area contributed by atoms with Crippen molar-refractivity contribution in [2.24, 2.45) is 0 Å². The highest BCUT2D eigenvalue weighted by atomic mass is 16.5. The van der Waals surface area contributed by atoms with Gasteiger partial charge in [0.25, 0.3) is 0 Å². The molecule has 2 aromatic rings. The molecule has 0 amide bonds. The molecule has 0 fully saturated rings. The van der Waals surface area contributed by atoms with Crippen LogP contribution in [0.25, 0.3) is 0 Å². The molecule has 18 heavy (non-hydrogen) atoms. The number of benzene rings is 2. The van der Waals surface area contributed by atoms with E-state index in [1.54, 1.807) is 6.07 Å². The second kappa shape index (κ2) is 5.45. The van der Waals surface area contributed by atoms with E-state index in [0.29, 0.717) is 17.2 Å². The molecule has 3 nitrogen and oxygen atoms in total. The van der Waals surface area contributed by atoms with Crippen molar-refractivity contribution in [3.8, 4) is 17.2 Å². The van der Waals surface area contributed by atoms with Crippen molar-refractivity contribution in [1.82, 2.24) is 0 Å². The molecule has 0 aliphatic heterocycles. The van der Waals surface area contributed by atoms with Crippen molar-refractivity contribution in [3.05, 3.63) is 48.5 Å². The minimum atomic E-state index is 0.0827. The smallest absolute Gasteiger partial charge is 0.146 e. The summed E-state index contributed by atoms with van der Waals surface area (Å²) in [5.41, 5.74) is 6.47. The van der Waals surface area contributed by atoms with Gasteiger partial charge in [-0.05, 0) is 38.1 Å². The molecular formula is C15H17NO2. The maximum absolute atomic E-state index is 5.85. The van der Waals surface area contributed by atoms with Gasteiger partial charge in [-0.1, -0.05) is 18.2 Å². The number of nitrogens with two attached hydrogens (primary N) is 1. The Morgan fingerprint density at radius 3 is 2.33 bits per heavy atom. The van der Waals surface area contributed by atoms with Crippen LogP contribution in [0.15, 0.2) is 48.5 Å². The maximum Gasteiger partial charge on any atom is 0.146 e. The minimum Gasteiger partial charge on any atom is -0.489 e. The van der Waals surface area contributed by atoms with Crippen LogP contribution in [0.2, 0.25) is 0 Å². The topological polar surface area (TPSA) is 44.5 Å². The van der Waals surface area contributed by atoms with Gasteiger partial charge in [0.2, 0.25) is 0 Å². The van der Waals surface area contributed by atoms with Gasteiger partial charge in [-0.15, -0.1) is 0 Å². The van der Waals surface area contributed by atoms with Gasteiger partial charge in [0.05, 0.1) is 11.8 Å². The van der Waals surface area contributed by atoms with Crippen molar-refractivity contribution < 1.29 is 9.47 Å². The Morgan fingerprint density at radius 1 is 0.944 bits per heavy atom. The quantitative estimate of drug-likeness (QED) is 0.829. The number of rotatable bonds is 4. The standard InChI is InChI=1S/C15H17NO2/c1-11(2)17-15-10-13(8-9-14(15)16)18-12-6-4-3-5-7-12/h3-11H,16H2,1-2H3. The van der Waals surface area contributed by atoms with Crippen LogP contribution in [0.5, 0.6) is 17.2 Å². The molecule has 0 aliphatic carbocycles. The predicted molar refractivity (Wildman–Crippen MR) is 73.1 cm³/mol. The highest BCUT2D eigenvalue weighted by molar-refractivity contribution is 5.56. The second-order valence-corrected chi connectivity index (χ2v) is 4.28. The second-order valence-electron chi connectivity index (χ2n) is 4.28. The lowest BCUT2D eigenvalue weighted by Gasteiger charge is -2.13. The van der Waals surface area contributed by atoms with Crippen molar-refractivity contribution in [1.29, 1.82) is 0 Å². The summed E-state index contributed by atoms with van der Waals surface area (Å²) in [7, 11) is 0. The van der Waals surface area contributed by atoms with E-state index in [2.05, 4.69) is 0 Å². The predicted octanol–water partition coefficient (Wildman–Crippen LogP) is 3.85. The molecule has 0 radical (unpaired) electrons. The fourth-order valence-corrected chi connectivity index (χ4v) is 1.56. The molecule has 2 rings (SSSR count). The van der Waals surface area contributed by atoms with E-state index in [-0.39, 0.29) is 6.10 Å². The lowest BCUT2D eigenvalue weighted by atomic mass is 10.2. The Bertz CT molecular complexity index is 509. The monoisotopic (exact) mass is 243 g/mol. The third-order valence-corrected chi connectivity index (χ3v) is 2.33. The Balaban J connectivity index is 2.19. The number of nitrogen functional groups attached to an aromatic ring is 1. The van der Waals surface area contributed by atoms with E-state index in [0.717, 1.165) is 5.75 Å². The zero-order valence-electron chi connectivity index (χ0n) is 10.6. The average molecular weight is 243 g/mol. The van der Waals surface area contributed by atoms with E-state index in [9.17, 15) is 0 Å². The largest absolute Gasteiger partial charge is 0.489 e. The van der Waals surface area contributed by atoms with E-state index in [4.69, 9.17) is 15.2 Å². The first-order valence-corrected chi connectivity index (χ1v) is 5.94. The number of hydrogen-bond acceptors (Lipinski definition) is 3. The van der Waals surface area contributed by atoms with Crippen molar-refractivity contribution >= 4 is 5.69 Å². The van der Waals surface area contributed by atoms with E-state index < -0.39 is 0 Å². The van der Waals surface area contributed by atoms with Gasteiger partial charge in [-0.3, -0.25) is 0 Å². The summed E-state index contributed by atoms with van der Waals surface area (Å²) in [6, 6.07) is 15.0. The van der Waals surface area contributed by atoms with Crippen LogP contribution < -0.4 is 15.2 Å². The lowest BCUT2D eigenvalue weighted by Crippen LogP contribution is -2.07. The van der Waals surface area contributed by atoms with Gasteiger partial charge in [-0.2, -0.15) is 0 Å². The Morgan fingerprint density at radius 2 is 1.67 bits per heavy atom. The molecule has 3 heteroatoms. The SMILES string of the molecule is CC(C)Oc1cc(Oc2ccccc2)ccc1N. The van der Waals surface area contributed by atoms with Crippen LogP contribution in [0, 0.1) is 0 Å². The summed E-state index contributed by atoms with van der Waals surface area (Å²) in [5, 5.41) is 0. The molecule has 0 atom stereocenters. The highest BCUT2D eigenvalue weighted by Gasteiger charge is 2.05. The number of para-hydroxylation sites is 1. The van der Waals surface area contributed by atoms with Gasteiger partial charge < -0.3 is 15.2 Å². The molecule has 94 valence electrons. The van der Waals surface area contributed by atoms with Crippen LogP contribution in [0.3, 0.4) is 0 Å². The van der Waals surface area contributed by atoms with Gasteiger partial charge in [0.15, 0.2) is 0 Å². The van der Waals surface area contributed by atoms with Crippen molar-refractivity contribution in [2.75, 3.05) is 5.73 Å². The molecule has 0 saturated heterocycles. The van der Waals surface area contributed by atoms with Crippen LogP contribution >= 0.6 is 0 Å². The zero-order valence-corrected chi connectivity index (χ0v) is 10.6. The summed E-state index contributed by atoms with van der Waals surface area (Å²) in [6.45, 7) is 3.92. The Hall–Kier alpha value is -2.16. The van der Waals surface area contributed by atoms with Gasteiger partial charge in [0, 0.05) is 6.07 Å². The summed E-state index contributed by atoms with van der Waals surface area (Å²) in [6.07, 6.45) is 0.0827. The van der Waals surface area contributed by atoms with Crippen molar-refractivity contribution in [2.45, 2.75) is 20.0 Å². The molecule has 0 aromatic heterocycles. The first-order chi connectivity index (χ1) is 8.65. The Kier molecular flexibility index (Phi) is 3.72. The molecule has 0 spiro atoms. The van der Waals surface area contributed by atoms with E-state index >= 15 is 0 Å². The first kappa shape index (κ1) is 12.3. The molecule has 0 saturated carbocycles. The zero-order chi connectivity index (χ0) is 13.0. The summed E-state index contributed by atoms with van der Waals surface area (Å²) >= 11 is 0. The van der Waals surface area contributed by atoms with E-state index in [1.807, 2.05) is 56.3 Å². The minimum absolute atomic E-state index is 0.0827. The molecule has 2 N–H and O–H groups in total. The molecule has 2 aromatic carbocycles. The normalized spacial score (nSPS) is 10.4. The third kappa shape index (κ3) is 3.17. The van der Waals surface area contributed by atoms with Crippen LogP contribution in [-0.4, -0.2) is 6.10 Å². The third-order valence-electron chi connectivity index (χ3n) is 2.33. The average Bonchev–Trinajstić information content (AvgIpc) is 2.34. The molecule has 0 unspecified atom stereocenters. The maximum atomic E-state index is 5.85. The van der Waals surface area contributed by atoms with Crippen LogP contribution in [0.1, 0.15) is 13.8 Å². The number of ether oxygens (including phenoxy) is 2. The molecular weight excluding hydrogens is 226 g/mol. The van der Waals surface area contributed by atoms with Gasteiger partial charge >= 0.3 is 0 Å². The fraction of sp³-hybridized carbons (Fsp3) is 0.200. The summed E-state index contributed by atoms with van der Waals surface area (Å²) in [5.74, 6) is 2.15. The molecule has 0 heterocycles. The lowest BCUT2D eigenvalue weighted by molar-refractivity contribution is 0.243. The highest BCUT2D eigenvalue weighted by Crippen LogP contribution is 2.30. The summed E-state index contributed by atoms with van der Waals surface area (Å²) in [4.78, 5) is 0. The van der Waals surface area contributed by atoms with Crippen LogP contribution in [-0.2, 0) is 0 Å². The van der Waals surface area contributed by atoms with Gasteiger partial charge in [-0.25, -0.2) is 0 Å². The fourth-order valence-electron chi connectivity index (χ4n) is 1.56. The number of hydrogen-bond donors (Lipinski definition) is 1. The van der Waals surface area contributed by atoms with Crippen molar-refractivity contribution in [3.63, 3.8) is 0 Å². The number of anilines is 1. The molecule has 0 bridgehead atoms. The molecule has 0 aliphatic rings. The van der Waals surface area contributed by atoms with E-state index in [1.165, 1.54) is 0 Å².